The Morgan fingerprint density at radius 3 is 2.42 bits per heavy atom. The zero-order valence-electron chi connectivity index (χ0n) is 22.7. The van der Waals surface area contributed by atoms with E-state index in [9.17, 15) is 30.0 Å². The molecule has 10 nitrogen and oxygen atoms in total. The minimum atomic E-state index is -1.73. The molecular weight excluding hydrogens is 542 g/mol. The third-order valence-corrected chi connectivity index (χ3v) is 8.03. The van der Waals surface area contributed by atoms with Crippen molar-refractivity contribution in [2.75, 3.05) is 13.2 Å². The molecule has 0 radical (unpaired) electrons. The summed E-state index contributed by atoms with van der Waals surface area (Å²) in [5.41, 5.74) is 0.672. The Morgan fingerprint density at radius 2 is 1.88 bits per heavy atom. The summed E-state index contributed by atoms with van der Waals surface area (Å²) in [4.78, 5) is 21.1. The van der Waals surface area contributed by atoms with Gasteiger partial charge in [-0.25, -0.2) is 0 Å². The Hall–Kier alpha value is -2.57. The van der Waals surface area contributed by atoms with Gasteiger partial charge in [-0.3, -0.25) is 9.59 Å². The van der Waals surface area contributed by atoms with Crippen LogP contribution in [0.15, 0.2) is 42.5 Å². The number of halogens is 1. The Bertz CT molecular complexity index is 1220. The molecule has 3 aliphatic heterocycles. The number of Topliss-reactive ketones (excluding diaryl/α,β-unsaturated/α-hetero) is 1. The molecule has 3 saturated heterocycles. The van der Waals surface area contributed by atoms with Gasteiger partial charge in [-0.1, -0.05) is 29.8 Å². The molecule has 0 aromatic heterocycles. The minimum Gasteiger partial charge on any atom is -0.494 e. The van der Waals surface area contributed by atoms with Gasteiger partial charge in [0.1, 0.15) is 29.7 Å². The van der Waals surface area contributed by atoms with E-state index in [2.05, 4.69) is 5.32 Å². The molecule has 0 saturated carbocycles. The molecule has 1 amide bonds. The van der Waals surface area contributed by atoms with E-state index in [1.807, 2.05) is 31.2 Å². The summed E-state index contributed by atoms with van der Waals surface area (Å²) in [6, 6.07) is 12.6. The molecule has 7 atom stereocenters. The number of hydrogen-bond acceptors (Lipinski definition) is 9. The van der Waals surface area contributed by atoms with Gasteiger partial charge in [0, 0.05) is 17.0 Å². The maximum absolute atomic E-state index is 10.8. The molecule has 0 spiro atoms. The average molecular weight is 578 g/mol. The zero-order chi connectivity index (χ0) is 29.2. The molecule has 2 aromatic rings. The van der Waals surface area contributed by atoms with E-state index >= 15 is 0 Å². The summed E-state index contributed by atoms with van der Waals surface area (Å²) in [5, 5.41) is 45.1. The summed E-state index contributed by atoms with van der Waals surface area (Å²) in [6.07, 6.45) is -4.07. The van der Waals surface area contributed by atoms with Gasteiger partial charge in [-0.05, 0) is 69.0 Å². The highest BCUT2D eigenvalue weighted by Gasteiger charge is 2.68. The molecule has 2 bridgehead atoms. The first kappa shape index (κ1) is 30.4. The number of amides is 1. The molecular formula is C29H36ClNO9. The van der Waals surface area contributed by atoms with Crippen LogP contribution in [0, 0.1) is 0 Å². The number of aliphatic hydroxyl groups excluding tert-OH is 4. The van der Waals surface area contributed by atoms with E-state index in [-0.39, 0.29) is 24.3 Å². The number of benzene rings is 2. The minimum absolute atomic E-state index is 0.00444. The number of carbonyl (C=O) groups is 2. The Labute approximate surface area is 237 Å². The van der Waals surface area contributed by atoms with Crippen LogP contribution in [-0.2, 0) is 31.3 Å². The number of ether oxygens (including phenoxy) is 3. The van der Waals surface area contributed by atoms with E-state index in [0.29, 0.717) is 36.5 Å². The Kier molecular flexibility index (Phi) is 9.21. The number of carbonyl (C=O) groups excluding carboxylic acids is 2. The van der Waals surface area contributed by atoms with Crippen LogP contribution in [0.25, 0.3) is 0 Å². The van der Waals surface area contributed by atoms with Gasteiger partial charge in [-0.2, -0.15) is 0 Å². The summed E-state index contributed by atoms with van der Waals surface area (Å²) in [7, 11) is 0. The molecule has 3 fully saturated rings. The molecule has 11 heteroatoms. The fraction of sp³-hybridized carbons (Fsp3) is 0.517. The van der Waals surface area contributed by atoms with E-state index in [0.717, 1.165) is 16.9 Å². The van der Waals surface area contributed by atoms with Crippen LogP contribution in [-0.4, -0.2) is 81.4 Å². The van der Waals surface area contributed by atoms with Gasteiger partial charge >= 0.3 is 0 Å². The van der Waals surface area contributed by atoms with Crippen molar-refractivity contribution < 1.29 is 44.2 Å². The number of ketones is 1. The number of hydrogen-bond donors (Lipinski definition) is 5. The van der Waals surface area contributed by atoms with Crippen LogP contribution in [0.4, 0.5) is 0 Å². The lowest BCUT2D eigenvalue weighted by Crippen LogP contribution is -2.67. The summed E-state index contributed by atoms with van der Waals surface area (Å²) in [6.45, 7) is 5.28. The Balaban J connectivity index is 0.000000350. The van der Waals surface area contributed by atoms with Gasteiger partial charge in [-0.15, -0.1) is 0 Å². The van der Waals surface area contributed by atoms with E-state index in [1.54, 1.807) is 18.2 Å². The van der Waals surface area contributed by atoms with Gasteiger partial charge < -0.3 is 40.0 Å². The molecule has 218 valence electrons. The third-order valence-electron chi connectivity index (χ3n) is 7.66. The largest absolute Gasteiger partial charge is 0.494 e. The van der Waals surface area contributed by atoms with Crippen LogP contribution < -0.4 is 10.1 Å². The average Bonchev–Trinajstić information content (AvgIpc) is 3.54. The maximum atomic E-state index is 10.8. The van der Waals surface area contributed by atoms with Crippen molar-refractivity contribution >= 4 is 23.3 Å². The summed E-state index contributed by atoms with van der Waals surface area (Å²) in [5.74, 6) is -0.894. The van der Waals surface area contributed by atoms with Crippen molar-refractivity contribution in [2.24, 2.45) is 0 Å². The van der Waals surface area contributed by atoms with E-state index in [1.165, 1.54) is 13.8 Å². The van der Waals surface area contributed by atoms with Gasteiger partial charge in [0.15, 0.2) is 5.78 Å². The van der Waals surface area contributed by atoms with Crippen LogP contribution in [0.1, 0.15) is 50.3 Å². The van der Waals surface area contributed by atoms with Gasteiger partial charge in [0.2, 0.25) is 11.7 Å². The molecule has 40 heavy (non-hydrogen) atoms. The van der Waals surface area contributed by atoms with E-state index in [4.69, 9.17) is 25.8 Å². The van der Waals surface area contributed by atoms with E-state index < -0.39 is 35.8 Å². The first-order valence-electron chi connectivity index (χ1n) is 13.3. The topological polar surface area (TPSA) is 155 Å². The monoisotopic (exact) mass is 577 g/mol. The number of aliphatic hydroxyl groups is 4. The smallest absolute Gasteiger partial charge is 0.225 e. The van der Waals surface area contributed by atoms with Crippen molar-refractivity contribution in [1.29, 1.82) is 0 Å². The second-order valence-corrected chi connectivity index (χ2v) is 10.8. The van der Waals surface area contributed by atoms with Crippen molar-refractivity contribution in [3.05, 3.63) is 64.2 Å². The predicted molar refractivity (Wildman–Crippen MR) is 145 cm³/mol. The van der Waals surface area contributed by atoms with Gasteiger partial charge in [0.05, 0.1) is 25.4 Å². The Morgan fingerprint density at radius 1 is 1.18 bits per heavy atom. The maximum Gasteiger partial charge on any atom is 0.225 e. The predicted octanol–water partition coefficient (Wildman–Crippen LogP) is 1.60. The number of fused-ring (bicyclic) bond motifs is 2. The highest BCUT2D eigenvalue weighted by Crippen LogP contribution is 2.51. The van der Waals surface area contributed by atoms with Crippen LogP contribution in [0.2, 0.25) is 5.02 Å². The normalized spacial score (nSPS) is 31.6. The third kappa shape index (κ3) is 5.75. The summed E-state index contributed by atoms with van der Waals surface area (Å²) >= 11 is 6.43. The molecule has 5 N–H and O–H groups in total. The van der Waals surface area contributed by atoms with Crippen molar-refractivity contribution in [2.45, 2.75) is 81.9 Å². The zero-order valence-corrected chi connectivity index (χ0v) is 23.4. The first-order chi connectivity index (χ1) is 18.9. The highest BCUT2D eigenvalue weighted by molar-refractivity contribution is 6.31. The fourth-order valence-electron chi connectivity index (χ4n) is 5.24. The van der Waals surface area contributed by atoms with Crippen LogP contribution >= 0.6 is 11.6 Å². The lowest BCUT2D eigenvalue weighted by atomic mass is 9.81. The lowest BCUT2D eigenvalue weighted by Gasteiger charge is -2.47. The quantitative estimate of drug-likeness (QED) is 0.330. The molecule has 5 rings (SSSR count). The molecule has 2 aromatic carbocycles. The molecule has 0 aliphatic carbocycles. The SMILES string of the molecule is CC(=O)[C@@H]1CCC(=O)N1.CCOc1ccc(Cc2cc([C@]34OC[C@]([C@@H](C)O)(O3)[C@@H](O)[C@H](O)[C@H]4O)ccc2Cl)cc1. The standard InChI is InChI=1S/C23H27ClO7.C6H9NO2/c1-3-29-17-7-4-14(5-8-17)10-15-11-16(6-9-18(15)24)23-21(28)19(26)20(27)22(31-23,12-30-23)13(2)25;1-4(8)5-2-3-6(9)7-5/h4-9,11,13,19-21,25-28H,3,10,12H2,1-2H3;5H,2-3H2,1H3,(H,7,9)/t13-,19+,20+,21-,22-,23+;5-/m10/s1. The molecule has 3 aliphatic rings. The van der Waals surface area contributed by atoms with Crippen LogP contribution in [0.3, 0.4) is 0 Å². The second kappa shape index (κ2) is 12.1. The molecule has 3 heterocycles. The number of nitrogens with one attached hydrogen (secondary N) is 1. The summed E-state index contributed by atoms with van der Waals surface area (Å²) < 4.78 is 17.3. The molecule has 0 unspecified atom stereocenters. The van der Waals surface area contributed by atoms with Crippen molar-refractivity contribution in [3.8, 4) is 5.75 Å². The van der Waals surface area contributed by atoms with Crippen LogP contribution in [0.5, 0.6) is 5.75 Å². The van der Waals surface area contributed by atoms with Crippen molar-refractivity contribution in [1.82, 2.24) is 5.32 Å². The van der Waals surface area contributed by atoms with Crippen molar-refractivity contribution in [3.63, 3.8) is 0 Å². The van der Waals surface area contributed by atoms with Gasteiger partial charge in [0.25, 0.3) is 0 Å². The highest BCUT2D eigenvalue weighted by atomic mass is 35.5. The lowest BCUT2D eigenvalue weighted by molar-refractivity contribution is -0.336. The fourth-order valence-corrected chi connectivity index (χ4v) is 5.43. The second-order valence-electron chi connectivity index (χ2n) is 10.4. The first-order valence-corrected chi connectivity index (χ1v) is 13.7. The number of rotatable bonds is 7.